The lowest BCUT2D eigenvalue weighted by Crippen LogP contribution is -2.16. The number of halogens is 2. The molecule has 0 aliphatic carbocycles. The maximum absolute atomic E-state index is 13.5. The Hall–Kier alpha value is -2.76. The summed E-state index contributed by atoms with van der Waals surface area (Å²) in [6.07, 6.45) is 0. The lowest BCUT2D eigenvalue weighted by Gasteiger charge is -2.04. The molecule has 20 heavy (non-hydrogen) atoms. The van der Waals surface area contributed by atoms with Crippen LogP contribution in [-0.2, 0) is 0 Å². The van der Waals surface area contributed by atoms with Crippen LogP contribution in [0.2, 0.25) is 0 Å². The predicted molar refractivity (Wildman–Crippen MR) is 70.4 cm³/mol. The maximum atomic E-state index is 13.5. The summed E-state index contributed by atoms with van der Waals surface area (Å²) in [5.41, 5.74) is 0.0939. The highest BCUT2D eigenvalue weighted by molar-refractivity contribution is 6.08. The van der Waals surface area contributed by atoms with Crippen LogP contribution in [-0.4, -0.2) is 16.1 Å². The number of rotatable bonds is 2. The van der Waals surface area contributed by atoms with E-state index in [9.17, 15) is 13.6 Å². The molecule has 1 aromatic heterocycles. The number of carbonyl (C=O) groups is 1. The Morgan fingerprint density at radius 1 is 1.05 bits per heavy atom. The van der Waals surface area contributed by atoms with E-state index in [1.807, 2.05) is 6.07 Å². The van der Waals surface area contributed by atoms with Crippen LogP contribution in [0, 0.1) is 11.6 Å². The van der Waals surface area contributed by atoms with Crippen molar-refractivity contribution in [2.24, 2.45) is 0 Å². The Morgan fingerprint density at radius 2 is 1.75 bits per heavy atom. The van der Waals surface area contributed by atoms with Gasteiger partial charge in [0.15, 0.2) is 5.82 Å². The van der Waals surface area contributed by atoms with Crippen LogP contribution in [0.15, 0.2) is 42.5 Å². The summed E-state index contributed by atoms with van der Waals surface area (Å²) in [5.74, 6) is -2.48. The molecule has 0 saturated carbocycles. The normalized spacial score (nSPS) is 10.7. The van der Waals surface area contributed by atoms with Gasteiger partial charge >= 0.3 is 0 Å². The Morgan fingerprint density at radius 3 is 2.50 bits per heavy atom. The third-order valence-corrected chi connectivity index (χ3v) is 2.89. The summed E-state index contributed by atoms with van der Waals surface area (Å²) >= 11 is 0. The van der Waals surface area contributed by atoms with Crippen molar-refractivity contribution >= 4 is 22.6 Å². The standard InChI is InChI=1S/C14H9F2N3O/c15-9-5-3-6-10(16)12(9)14(20)17-13-8-4-1-2-7-11(8)18-19-13/h1-7H,(H2,17,18,19,20). The lowest BCUT2D eigenvalue weighted by atomic mass is 10.2. The molecule has 2 N–H and O–H groups in total. The molecule has 0 saturated heterocycles. The second kappa shape index (κ2) is 4.73. The van der Waals surface area contributed by atoms with Crippen molar-refractivity contribution in [2.45, 2.75) is 0 Å². The van der Waals surface area contributed by atoms with Crippen LogP contribution in [0.3, 0.4) is 0 Å². The lowest BCUT2D eigenvalue weighted by molar-refractivity contribution is 0.101. The molecule has 0 atom stereocenters. The quantitative estimate of drug-likeness (QED) is 0.753. The number of anilines is 1. The molecule has 1 heterocycles. The first-order valence-corrected chi connectivity index (χ1v) is 5.85. The van der Waals surface area contributed by atoms with E-state index in [1.54, 1.807) is 18.2 Å². The topological polar surface area (TPSA) is 57.8 Å². The number of H-pyrrole nitrogens is 1. The molecule has 6 heteroatoms. The summed E-state index contributed by atoms with van der Waals surface area (Å²) in [6.45, 7) is 0. The van der Waals surface area contributed by atoms with Crippen LogP contribution in [0.5, 0.6) is 0 Å². The summed E-state index contributed by atoms with van der Waals surface area (Å²) < 4.78 is 27.0. The molecular formula is C14H9F2N3O. The van der Waals surface area contributed by atoms with Crippen molar-refractivity contribution in [2.75, 3.05) is 5.32 Å². The van der Waals surface area contributed by atoms with Gasteiger partial charge in [-0.05, 0) is 24.3 Å². The second-order valence-electron chi connectivity index (χ2n) is 4.17. The van der Waals surface area contributed by atoms with Gasteiger partial charge in [0.25, 0.3) is 5.91 Å². The Labute approximate surface area is 112 Å². The molecule has 3 rings (SSSR count). The van der Waals surface area contributed by atoms with Crippen LogP contribution < -0.4 is 5.32 Å². The molecule has 0 aliphatic rings. The number of para-hydroxylation sites is 1. The third kappa shape index (κ3) is 2.01. The van der Waals surface area contributed by atoms with E-state index in [0.717, 1.165) is 17.6 Å². The number of amides is 1. The number of nitrogens with one attached hydrogen (secondary N) is 2. The summed E-state index contributed by atoms with van der Waals surface area (Å²) in [6, 6.07) is 10.4. The van der Waals surface area contributed by atoms with Gasteiger partial charge in [-0.3, -0.25) is 9.89 Å². The monoisotopic (exact) mass is 273 g/mol. The van der Waals surface area contributed by atoms with Gasteiger partial charge < -0.3 is 5.32 Å². The fraction of sp³-hybridized carbons (Fsp3) is 0. The van der Waals surface area contributed by atoms with E-state index in [4.69, 9.17) is 0 Å². The van der Waals surface area contributed by atoms with E-state index in [1.165, 1.54) is 6.07 Å². The van der Waals surface area contributed by atoms with Gasteiger partial charge in [0.1, 0.15) is 17.2 Å². The largest absolute Gasteiger partial charge is 0.304 e. The maximum Gasteiger partial charge on any atom is 0.262 e. The van der Waals surface area contributed by atoms with Gasteiger partial charge in [0.05, 0.1) is 5.52 Å². The fourth-order valence-corrected chi connectivity index (χ4v) is 1.94. The zero-order chi connectivity index (χ0) is 14.1. The first kappa shape index (κ1) is 12.3. The summed E-state index contributed by atoms with van der Waals surface area (Å²) in [4.78, 5) is 12.0. The van der Waals surface area contributed by atoms with Crippen LogP contribution >= 0.6 is 0 Å². The van der Waals surface area contributed by atoms with Gasteiger partial charge in [-0.2, -0.15) is 5.10 Å². The third-order valence-electron chi connectivity index (χ3n) is 2.89. The molecule has 0 aliphatic heterocycles. The van der Waals surface area contributed by atoms with Crippen molar-refractivity contribution in [3.63, 3.8) is 0 Å². The molecule has 4 nitrogen and oxygen atoms in total. The van der Waals surface area contributed by atoms with Crippen LogP contribution in [0.4, 0.5) is 14.6 Å². The van der Waals surface area contributed by atoms with Crippen molar-refractivity contribution in [1.82, 2.24) is 10.2 Å². The number of hydrogen-bond acceptors (Lipinski definition) is 2. The molecule has 0 bridgehead atoms. The Balaban J connectivity index is 1.97. The van der Waals surface area contributed by atoms with E-state index in [0.29, 0.717) is 5.39 Å². The van der Waals surface area contributed by atoms with Crippen molar-refractivity contribution in [1.29, 1.82) is 0 Å². The average molecular weight is 273 g/mol. The number of aromatic nitrogens is 2. The first-order valence-electron chi connectivity index (χ1n) is 5.85. The smallest absolute Gasteiger partial charge is 0.262 e. The van der Waals surface area contributed by atoms with Crippen molar-refractivity contribution < 1.29 is 13.6 Å². The highest BCUT2D eigenvalue weighted by Gasteiger charge is 2.18. The molecule has 0 fully saturated rings. The van der Waals surface area contributed by atoms with Crippen LogP contribution in [0.25, 0.3) is 10.9 Å². The highest BCUT2D eigenvalue weighted by atomic mass is 19.1. The first-order chi connectivity index (χ1) is 9.66. The number of hydrogen-bond donors (Lipinski definition) is 2. The summed E-state index contributed by atoms with van der Waals surface area (Å²) in [7, 11) is 0. The number of nitrogens with zero attached hydrogens (tertiary/aromatic N) is 1. The minimum atomic E-state index is -0.914. The zero-order valence-corrected chi connectivity index (χ0v) is 10.2. The van der Waals surface area contributed by atoms with E-state index >= 15 is 0 Å². The molecule has 0 unspecified atom stereocenters. The zero-order valence-electron chi connectivity index (χ0n) is 10.2. The van der Waals surface area contributed by atoms with Gasteiger partial charge in [-0.15, -0.1) is 0 Å². The van der Waals surface area contributed by atoms with Crippen molar-refractivity contribution in [3.05, 3.63) is 59.7 Å². The van der Waals surface area contributed by atoms with Gasteiger partial charge in [-0.25, -0.2) is 8.78 Å². The molecule has 1 amide bonds. The average Bonchev–Trinajstić information content (AvgIpc) is 2.82. The highest BCUT2D eigenvalue weighted by Crippen LogP contribution is 2.21. The molecule has 0 radical (unpaired) electrons. The predicted octanol–water partition coefficient (Wildman–Crippen LogP) is 3.09. The van der Waals surface area contributed by atoms with Crippen molar-refractivity contribution in [3.8, 4) is 0 Å². The van der Waals surface area contributed by atoms with Gasteiger partial charge in [-0.1, -0.05) is 18.2 Å². The van der Waals surface area contributed by atoms with E-state index in [2.05, 4.69) is 15.5 Å². The summed E-state index contributed by atoms with van der Waals surface area (Å²) in [5, 5.41) is 9.71. The van der Waals surface area contributed by atoms with Gasteiger partial charge in [0, 0.05) is 5.39 Å². The SMILES string of the molecule is O=C(Nc1n[nH]c2ccccc12)c1c(F)cccc1F. The number of fused-ring (bicyclic) bond motifs is 1. The molecule has 100 valence electrons. The van der Waals surface area contributed by atoms with Crippen LogP contribution in [0.1, 0.15) is 10.4 Å². The molecule has 2 aromatic carbocycles. The Bertz CT molecular complexity index is 778. The molecule has 0 spiro atoms. The number of benzene rings is 2. The Kier molecular flexibility index (Phi) is 2.90. The minimum Gasteiger partial charge on any atom is -0.304 e. The van der Waals surface area contributed by atoms with E-state index in [-0.39, 0.29) is 5.82 Å². The fourth-order valence-electron chi connectivity index (χ4n) is 1.94. The molecular weight excluding hydrogens is 264 g/mol. The number of carbonyl (C=O) groups excluding carboxylic acids is 1. The second-order valence-corrected chi connectivity index (χ2v) is 4.17. The molecule has 3 aromatic rings. The number of aromatic amines is 1. The van der Waals surface area contributed by atoms with E-state index < -0.39 is 23.1 Å². The minimum absolute atomic E-state index is 0.230. The van der Waals surface area contributed by atoms with Gasteiger partial charge in [0.2, 0.25) is 0 Å².